The summed E-state index contributed by atoms with van der Waals surface area (Å²) in [6.07, 6.45) is 0. The van der Waals surface area contributed by atoms with E-state index in [0.717, 1.165) is 19.6 Å². The van der Waals surface area contributed by atoms with E-state index in [4.69, 9.17) is 0 Å². The average Bonchev–Trinajstić information content (AvgIpc) is 2.12. The summed E-state index contributed by atoms with van der Waals surface area (Å²) >= 11 is 0. The Morgan fingerprint density at radius 2 is 1.73 bits per heavy atom. The van der Waals surface area contributed by atoms with Crippen molar-refractivity contribution in [1.29, 1.82) is 0 Å². The molecule has 0 radical (unpaired) electrons. The fourth-order valence-electron chi connectivity index (χ4n) is 1.45. The molecule has 4 nitrogen and oxygen atoms in total. The van der Waals surface area contributed by atoms with E-state index in [1.54, 1.807) is 4.90 Å². The molecule has 0 aliphatic heterocycles. The van der Waals surface area contributed by atoms with Gasteiger partial charge in [0.15, 0.2) is 0 Å². The molecule has 0 aromatic heterocycles. The SMILES string of the molecule is CCNC(C)(C)C(=O)N(C)CCN(C)C. The van der Waals surface area contributed by atoms with Crippen LogP contribution in [0.25, 0.3) is 0 Å². The molecule has 0 aliphatic rings. The molecule has 0 spiro atoms. The van der Waals surface area contributed by atoms with E-state index in [1.807, 2.05) is 41.9 Å². The molecule has 0 bridgehead atoms. The number of nitrogens with one attached hydrogen (secondary N) is 1. The highest BCUT2D eigenvalue weighted by molar-refractivity contribution is 5.85. The van der Waals surface area contributed by atoms with E-state index < -0.39 is 5.54 Å². The maximum Gasteiger partial charge on any atom is 0.242 e. The fraction of sp³-hybridized carbons (Fsp3) is 0.909. The fourth-order valence-corrected chi connectivity index (χ4v) is 1.45. The van der Waals surface area contributed by atoms with Gasteiger partial charge in [-0.05, 0) is 34.5 Å². The standard InChI is InChI=1S/C11H25N3O/c1-7-12-11(2,3)10(15)14(6)9-8-13(4)5/h12H,7-9H2,1-6H3. The van der Waals surface area contributed by atoms with Crippen molar-refractivity contribution in [3.8, 4) is 0 Å². The van der Waals surface area contributed by atoms with Crippen LogP contribution in [0.2, 0.25) is 0 Å². The third-order valence-corrected chi connectivity index (χ3v) is 2.38. The molecular weight excluding hydrogens is 190 g/mol. The smallest absolute Gasteiger partial charge is 0.242 e. The second-order valence-corrected chi connectivity index (χ2v) is 4.69. The molecule has 0 fully saturated rings. The van der Waals surface area contributed by atoms with Crippen LogP contribution in [0.5, 0.6) is 0 Å². The number of hydrogen-bond acceptors (Lipinski definition) is 3. The van der Waals surface area contributed by atoms with Gasteiger partial charge in [0.25, 0.3) is 0 Å². The Kier molecular flexibility index (Phi) is 5.83. The lowest BCUT2D eigenvalue weighted by Gasteiger charge is -2.30. The van der Waals surface area contributed by atoms with Gasteiger partial charge in [-0.3, -0.25) is 4.79 Å². The Hall–Kier alpha value is -0.610. The molecule has 0 atom stereocenters. The van der Waals surface area contributed by atoms with Crippen LogP contribution in [0.15, 0.2) is 0 Å². The Bertz CT molecular complexity index is 202. The topological polar surface area (TPSA) is 35.6 Å². The first-order valence-electron chi connectivity index (χ1n) is 5.46. The third kappa shape index (κ3) is 5.14. The van der Waals surface area contributed by atoms with E-state index in [2.05, 4.69) is 10.2 Å². The molecule has 0 heterocycles. The molecule has 4 heteroatoms. The summed E-state index contributed by atoms with van der Waals surface area (Å²) in [5.74, 6) is 0.145. The lowest BCUT2D eigenvalue weighted by atomic mass is 10.0. The number of carbonyl (C=O) groups is 1. The third-order valence-electron chi connectivity index (χ3n) is 2.38. The molecule has 0 aliphatic carbocycles. The number of rotatable bonds is 6. The van der Waals surface area contributed by atoms with E-state index in [-0.39, 0.29) is 5.91 Å². The van der Waals surface area contributed by atoms with Crippen molar-refractivity contribution in [2.45, 2.75) is 26.3 Å². The van der Waals surface area contributed by atoms with Gasteiger partial charge in [-0.1, -0.05) is 6.92 Å². The Morgan fingerprint density at radius 3 is 2.13 bits per heavy atom. The van der Waals surface area contributed by atoms with Crippen LogP contribution in [0.4, 0.5) is 0 Å². The second kappa shape index (κ2) is 6.08. The van der Waals surface area contributed by atoms with Crippen molar-refractivity contribution in [3.63, 3.8) is 0 Å². The molecule has 90 valence electrons. The van der Waals surface area contributed by atoms with Gasteiger partial charge in [0, 0.05) is 20.1 Å². The zero-order chi connectivity index (χ0) is 12.1. The van der Waals surface area contributed by atoms with Crippen LogP contribution in [-0.2, 0) is 4.79 Å². The van der Waals surface area contributed by atoms with Crippen molar-refractivity contribution in [3.05, 3.63) is 0 Å². The molecule has 0 aromatic carbocycles. The minimum Gasteiger partial charge on any atom is -0.343 e. The van der Waals surface area contributed by atoms with Crippen molar-refractivity contribution >= 4 is 5.91 Å². The van der Waals surface area contributed by atoms with Crippen LogP contribution < -0.4 is 5.32 Å². The maximum absolute atomic E-state index is 12.0. The molecule has 1 amide bonds. The highest BCUT2D eigenvalue weighted by atomic mass is 16.2. The van der Waals surface area contributed by atoms with Gasteiger partial charge >= 0.3 is 0 Å². The van der Waals surface area contributed by atoms with Crippen LogP contribution in [0.1, 0.15) is 20.8 Å². The zero-order valence-corrected chi connectivity index (χ0v) is 10.9. The zero-order valence-electron chi connectivity index (χ0n) is 10.9. The number of nitrogens with zero attached hydrogens (tertiary/aromatic N) is 2. The first-order valence-corrected chi connectivity index (χ1v) is 5.46. The van der Waals surface area contributed by atoms with Gasteiger partial charge in [-0.25, -0.2) is 0 Å². The Labute approximate surface area is 93.6 Å². The molecule has 0 saturated carbocycles. The molecule has 0 rings (SSSR count). The molecule has 0 unspecified atom stereocenters. The Balaban J connectivity index is 4.18. The van der Waals surface area contributed by atoms with E-state index in [9.17, 15) is 4.79 Å². The highest BCUT2D eigenvalue weighted by Gasteiger charge is 2.28. The molecule has 1 N–H and O–H groups in total. The first-order chi connectivity index (χ1) is 6.81. The lowest BCUT2D eigenvalue weighted by Crippen LogP contribution is -2.53. The molecular formula is C11H25N3O. The summed E-state index contributed by atoms with van der Waals surface area (Å²) in [6, 6.07) is 0. The number of carbonyl (C=O) groups excluding carboxylic acids is 1. The van der Waals surface area contributed by atoms with Crippen molar-refractivity contribution in [2.24, 2.45) is 0 Å². The summed E-state index contributed by atoms with van der Waals surface area (Å²) in [7, 11) is 5.87. The van der Waals surface area contributed by atoms with Gasteiger partial charge in [0.2, 0.25) is 5.91 Å². The van der Waals surface area contributed by atoms with Gasteiger partial charge in [0.1, 0.15) is 0 Å². The van der Waals surface area contributed by atoms with Crippen molar-refractivity contribution in [1.82, 2.24) is 15.1 Å². The maximum atomic E-state index is 12.0. The normalized spacial score (nSPS) is 11.9. The predicted molar refractivity (Wildman–Crippen MR) is 63.9 cm³/mol. The largest absolute Gasteiger partial charge is 0.343 e. The highest BCUT2D eigenvalue weighted by Crippen LogP contribution is 2.06. The summed E-state index contributed by atoms with van der Waals surface area (Å²) in [4.78, 5) is 15.9. The van der Waals surface area contributed by atoms with Gasteiger partial charge in [-0.2, -0.15) is 0 Å². The first kappa shape index (κ1) is 14.4. The van der Waals surface area contributed by atoms with E-state index >= 15 is 0 Å². The quantitative estimate of drug-likeness (QED) is 0.696. The van der Waals surface area contributed by atoms with E-state index in [1.165, 1.54) is 0 Å². The number of amides is 1. The monoisotopic (exact) mass is 215 g/mol. The Morgan fingerprint density at radius 1 is 1.20 bits per heavy atom. The van der Waals surface area contributed by atoms with E-state index in [0.29, 0.717) is 0 Å². The van der Waals surface area contributed by atoms with Gasteiger partial charge in [0.05, 0.1) is 5.54 Å². The molecule has 15 heavy (non-hydrogen) atoms. The minimum atomic E-state index is -0.462. The summed E-state index contributed by atoms with van der Waals surface area (Å²) in [5.41, 5.74) is -0.462. The van der Waals surface area contributed by atoms with Crippen molar-refractivity contribution in [2.75, 3.05) is 40.8 Å². The average molecular weight is 215 g/mol. The number of likely N-dealkylation sites (N-methyl/N-ethyl adjacent to an activating group) is 3. The lowest BCUT2D eigenvalue weighted by molar-refractivity contribution is -0.135. The minimum absolute atomic E-state index is 0.145. The predicted octanol–water partition coefficient (Wildman–Crippen LogP) is 0.395. The summed E-state index contributed by atoms with van der Waals surface area (Å²) < 4.78 is 0. The van der Waals surface area contributed by atoms with Gasteiger partial charge < -0.3 is 15.1 Å². The van der Waals surface area contributed by atoms with Crippen LogP contribution in [-0.4, -0.2) is 62.0 Å². The van der Waals surface area contributed by atoms with Crippen LogP contribution in [0, 0.1) is 0 Å². The number of hydrogen-bond donors (Lipinski definition) is 1. The summed E-state index contributed by atoms with van der Waals surface area (Å²) in [6.45, 7) is 8.32. The van der Waals surface area contributed by atoms with Crippen molar-refractivity contribution < 1.29 is 4.79 Å². The van der Waals surface area contributed by atoms with Crippen LogP contribution >= 0.6 is 0 Å². The summed E-state index contributed by atoms with van der Waals surface area (Å²) in [5, 5.41) is 3.19. The molecule has 0 saturated heterocycles. The second-order valence-electron chi connectivity index (χ2n) is 4.69. The molecule has 0 aromatic rings. The van der Waals surface area contributed by atoms with Gasteiger partial charge in [-0.15, -0.1) is 0 Å². The van der Waals surface area contributed by atoms with Crippen LogP contribution in [0.3, 0.4) is 0 Å².